The first kappa shape index (κ1) is 51.2. The number of nitrogens with zero attached hydrogens (tertiary/aromatic N) is 4. The molecular formula is C67H67N4OPt-3. The second-order valence-electron chi connectivity index (χ2n) is 22.7. The minimum absolute atomic E-state index is 0. The van der Waals surface area contributed by atoms with Gasteiger partial charge in [-0.3, -0.25) is 0 Å². The Bertz CT molecular complexity index is 3450. The van der Waals surface area contributed by atoms with E-state index in [9.17, 15) is 0 Å². The molecule has 1 aliphatic rings. The molecule has 0 saturated heterocycles. The molecule has 7 aromatic carbocycles. The summed E-state index contributed by atoms with van der Waals surface area (Å²) in [5, 5.41) is 2.22. The van der Waals surface area contributed by atoms with E-state index in [1.165, 1.54) is 38.9 Å². The largest absolute Gasteiger partial charge is 0.509 e. The number of hydrogen-bond acceptors (Lipinski definition) is 4. The van der Waals surface area contributed by atoms with Crippen LogP contribution >= 0.6 is 0 Å². The van der Waals surface area contributed by atoms with Crippen molar-refractivity contribution in [2.24, 2.45) is 0 Å². The monoisotopic (exact) mass is 1140 g/mol. The van der Waals surface area contributed by atoms with Crippen LogP contribution in [-0.4, -0.2) is 9.55 Å². The molecule has 9 aromatic rings. The molecule has 374 valence electrons. The van der Waals surface area contributed by atoms with Crippen LogP contribution in [0.25, 0.3) is 44.4 Å². The predicted octanol–water partition coefficient (Wildman–Crippen LogP) is 17.8. The van der Waals surface area contributed by atoms with E-state index in [1.54, 1.807) is 0 Å². The molecule has 1 aliphatic heterocycles. The van der Waals surface area contributed by atoms with Crippen LogP contribution < -0.4 is 14.5 Å². The summed E-state index contributed by atoms with van der Waals surface area (Å²) < 4.78 is 9.25. The van der Waals surface area contributed by atoms with Crippen molar-refractivity contribution < 1.29 is 25.8 Å². The number of benzene rings is 7. The van der Waals surface area contributed by atoms with Crippen LogP contribution in [-0.2, 0) is 37.3 Å². The fourth-order valence-corrected chi connectivity index (χ4v) is 10.2. The van der Waals surface area contributed by atoms with Crippen molar-refractivity contribution in [2.45, 2.75) is 111 Å². The SMILES string of the molecule is CC(C)c1cccc(C(C)C)c1C1=CN(c2[c-]c(Oc3[c-]c4c(cc3)c3cc(C(C)(C)c5ccccc5)ccc3n4-c3cc(C(C)(C)C)ccn3)cc(-c3ccccc3)c2)[CH-]N1c1cccc(C(C)(C)C)c1.[Pt]. The molecule has 10 rings (SSSR count). The van der Waals surface area contributed by atoms with Gasteiger partial charge in [0.15, 0.2) is 0 Å². The molecule has 0 N–H and O–H groups in total. The molecule has 0 fully saturated rings. The topological polar surface area (TPSA) is 33.5 Å². The third-order valence-electron chi connectivity index (χ3n) is 14.5. The Morgan fingerprint density at radius 3 is 1.86 bits per heavy atom. The molecule has 0 atom stereocenters. The molecule has 73 heavy (non-hydrogen) atoms. The Morgan fingerprint density at radius 1 is 0.548 bits per heavy atom. The van der Waals surface area contributed by atoms with Gasteiger partial charge in [-0.05, 0) is 104 Å². The second kappa shape index (κ2) is 20.0. The number of fused-ring (bicyclic) bond motifs is 3. The summed E-state index contributed by atoms with van der Waals surface area (Å²) in [4.78, 5) is 9.59. The van der Waals surface area contributed by atoms with E-state index >= 15 is 0 Å². The summed E-state index contributed by atoms with van der Waals surface area (Å²) in [5.41, 5.74) is 15.8. The Morgan fingerprint density at radius 2 is 1.19 bits per heavy atom. The molecule has 0 unspecified atom stereocenters. The van der Waals surface area contributed by atoms with E-state index in [4.69, 9.17) is 9.72 Å². The van der Waals surface area contributed by atoms with Gasteiger partial charge in [-0.25, -0.2) is 4.98 Å². The van der Waals surface area contributed by atoms with Gasteiger partial charge >= 0.3 is 0 Å². The van der Waals surface area contributed by atoms with Gasteiger partial charge in [0.05, 0.1) is 0 Å². The zero-order valence-electron chi connectivity index (χ0n) is 44.4. The third-order valence-corrected chi connectivity index (χ3v) is 14.5. The maximum absolute atomic E-state index is 7.01. The molecule has 0 spiro atoms. The van der Waals surface area contributed by atoms with Gasteiger partial charge in [-0.2, -0.15) is 6.07 Å². The molecule has 5 nitrogen and oxygen atoms in total. The maximum atomic E-state index is 7.01. The van der Waals surface area contributed by atoms with Gasteiger partial charge in [0.25, 0.3) is 0 Å². The first-order chi connectivity index (χ1) is 34.3. The van der Waals surface area contributed by atoms with Crippen LogP contribution in [0.2, 0.25) is 0 Å². The number of anilines is 2. The quantitative estimate of drug-likeness (QED) is 0.121. The van der Waals surface area contributed by atoms with Crippen LogP contribution in [0.4, 0.5) is 11.4 Å². The van der Waals surface area contributed by atoms with Crippen molar-refractivity contribution in [1.82, 2.24) is 9.55 Å². The van der Waals surface area contributed by atoms with Gasteiger partial charge < -0.3 is 19.1 Å². The van der Waals surface area contributed by atoms with E-state index < -0.39 is 0 Å². The zero-order chi connectivity index (χ0) is 50.7. The number of ether oxygens (including phenoxy) is 1. The third kappa shape index (κ3) is 10.1. The summed E-state index contributed by atoms with van der Waals surface area (Å²) in [6, 6.07) is 64.3. The van der Waals surface area contributed by atoms with Crippen molar-refractivity contribution >= 4 is 38.9 Å². The number of rotatable bonds is 11. The number of hydrogen-bond donors (Lipinski definition) is 0. The van der Waals surface area contributed by atoms with E-state index in [1.807, 2.05) is 12.3 Å². The Balaban J connectivity index is 0.00000656. The average molecular weight is 1140 g/mol. The van der Waals surface area contributed by atoms with Crippen molar-refractivity contribution in [2.75, 3.05) is 9.80 Å². The predicted molar refractivity (Wildman–Crippen MR) is 302 cm³/mol. The molecule has 0 amide bonds. The summed E-state index contributed by atoms with van der Waals surface area (Å²) >= 11 is 0. The summed E-state index contributed by atoms with van der Waals surface area (Å²) in [5.74, 6) is 2.66. The Labute approximate surface area is 448 Å². The minimum atomic E-state index is -0.219. The normalized spacial score (nSPS) is 13.3. The van der Waals surface area contributed by atoms with Crippen LogP contribution in [0.5, 0.6) is 11.5 Å². The van der Waals surface area contributed by atoms with Crippen LogP contribution in [0, 0.1) is 18.8 Å². The van der Waals surface area contributed by atoms with Gasteiger partial charge in [0.1, 0.15) is 5.82 Å². The van der Waals surface area contributed by atoms with Crippen LogP contribution in [0.15, 0.2) is 170 Å². The molecule has 3 heterocycles. The van der Waals surface area contributed by atoms with Gasteiger partial charge in [-0.15, -0.1) is 53.6 Å². The van der Waals surface area contributed by atoms with E-state index in [-0.39, 0.29) is 37.3 Å². The summed E-state index contributed by atoms with van der Waals surface area (Å²) in [7, 11) is 0. The number of pyridine rings is 1. The number of aromatic nitrogens is 2. The molecule has 0 radical (unpaired) electrons. The molecular weight excluding hydrogens is 1070 g/mol. The molecule has 0 aliphatic carbocycles. The molecule has 0 saturated carbocycles. The molecule has 2 aromatic heterocycles. The first-order valence-electron chi connectivity index (χ1n) is 25.6. The standard InChI is InChI=1S/C67H67N4O.Pt/c1-44(2)56-27-20-28-57(45(3)4)64(56)62-42-69(43-70(62)52-26-19-25-49(37-52)65(5,6)7)53-35-47(46-21-15-13-16-22-46)36-55(40-53)72-54-30-31-58-59-38-51(67(11,12)48-23-17-14-18-24-48)29-32-60(59)71(61(58)41-54)63-39-50(33-34-68-63)66(8,9)10;/h13-39,42-45H,1-12H3;/q-3;. The Kier molecular flexibility index (Phi) is 14.0. The first-order valence-corrected chi connectivity index (χ1v) is 25.6. The smallest absolute Gasteiger partial charge is 0.135 e. The van der Waals surface area contributed by atoms with E-state index in [0.29, 0.717) is 23.3 Å². The van der Waals surface area contributed by atoms with Gasteiger partial charge in [0, 0.05) is 66.6 Å². The average Bonchev–Trinajstić information content (AvgIpc) is 3.96. The molecule has 0 bridgehead atoms. The van der Waals surface area contributed by atoms with E-state index in [0.717, 1.165) is 55.8 Å². The fraction of sp³-hybridized carbons (Fsp3) is 0.254. The van der Waals surface area contributed by atoms with Crippen LogP contribution in [0.3, 0.4) is 0 Å². The van der Waals surface area contributed by atoms with Crippen LogP contribution in [0.1, 0.15) is 134 Å². The van der Waals surface area contributed by atoms with Gasteiger partial charge in [-0.1, -0.05) is 192 Å². The van der Waals surface area contributed by atoms with E-state index in [2.05, 4.69) is 274 Å². The van der Waals surface area contributed by atoms with Crippen molar-refractivity contribution in [3.8, 4) is 28.4 Å². The van der Waals surface area contributed by atoms with Crippen molar-refractivity contribution in [3.05, 3.63) is 228 Å². The summed E-state index contributed by atoms with van der Waals surface area (Å²) in [6.45, 7) is 29.6. The Hall–Kier alpha value is -6.68. The van der Waals surface area contributed by atoms with Crippen molar-refractivity contribution in [1.29, 1.82) is 0 Å². The zero-order valence-corrected chi connectivity index (χ0v) is 46.7. The second-order valence-corrected chi connectivity index (χ2v) is 22.7. The van der Waals surface area contributed by atoms with Crippen molar-refractivity contribution in [3.63, 3.8) is 0 Å². The maximum Gasteiger partial charge on any atom is 0.135 e. The minimum Gasteiger partial charge on any atom is -0.509 e. The molecule has 6 heteroatoms. The fourth-order valence-electron chi connectivity index (χ4n) is 10.2. The summed E-state index contributed by atoms with van der Waals surface area (Å²) in [6.07, 6.45) is 4.21. The van der Waals surface area contributed by atoms with Gasteiger partial charge in [0.2, 0.25) is 0 Å².